The topological polar surface area (TPSA) is 44.8 Å². The Labute approximate surface area is 149 Å². The third-order valence-electron chi connectivity index (χ3n) is 4.87. The van der Waals surface area contributed by atoms with Crippen molar-refractivity contribution in [1.29, 1.82) is 0 Å². The molecular weight excluding hydrogens is 316 g/mol. The SMILES string of the molecule is COCCOc1ccc2ccccc2c1[C@@H]1CCCC[C@@H]1OC(C)=O. The van der Waals surface area contributed by atoms with Gasteiger partial charge in [0.25, 0.3) is 0 Å². The van der Waals surface area contributed by atoms with Crippen LogP contribution in [0.25, 0.3) is 10.8 Å². The van der Waals surface area contributed by atoms with Gasteiger partial charge < -0.3 is 14.2 Å². The van der Waals surface area contributed by atoms with Crippen LogP contribution in [0.4, 0.5) is 0 Å². The van der Waals surface area contributed by atoms with E-state index in [0.717, 1.165) is 31.4 Å². The summed E-state index contributed by atoms with van der Waals surface area (Å²) in [6.07, 6.45) is 4.07. The van der Waals surface area contributed by atoms with Gasteiger partial charge in [-0.2, -0.15) is 0 Å². The van der Waals surface area contributed by atoms with Crippen LogP contribution in [0.2, 0.25) is 0 Å². The molecule has 4 heteroatoms. The molecule has 0 unspecified atom stereocenters. The van der Waals surface area contributed by atoms with Gasteiger partial charge in [-0.05, 0) is 36.1 Å². The summed E-state index contributed by atoms with van der Waals surface area (Å²) in [6, 6.07) is 12.5. The first-order valence-electron chi connectivity index (χ1n) is 9.01. The number of ether oxygens (including phenoxy) is 3. The molecule has 0 amide bonds. The molecule has 0 saturated heterocycles. The average Bonchev–Trinajstić information content (AvgIpc) is 2.62. The Morgan fingerprint density at radius 2 is 1.88 bits per heavy atom. The molecule has 25 heavy (non-hydrogen) atoms. The van der Waals surface area contributed by atoms with Gasteiger partial charge in [-0.15, -0.1) is 0 Å². The Bertz CT molecular complexity index is 725. The maximum atomic E-state index is 11.6. The summed E-state index contributed by atoms with van der Waals surface area (Å²) in [5, 5.41) is 2.37. The van der Waals surface area contributed by atoms with Crippen LogP contribution >= 0.6 is 0 Å². The average molecular weight is 342 g/mol. The minimum absolute atomic E-state index is 0.0816. The molecule has 0 N–H and O–H groups in total. The number of rotatable bonds is 6. The Morgan fingerprint density at radius 1 is 1.08 bits per heavy atom. The number of carbonyl (C=O) groups excluding carboxylic acids is 1. The highest BCUT2D eigenvalue weighted by Gasteiger charge is 2.32. The number of benzene rings is 2. The molecule has 2 aromatic rings. The van der Waals surface area contributed by atoms with Gasteiger partial charge in [-0.1, -0.05) is 36.8 Å². The zero-order chi connectivity index (χ0) is 17.6. The van der Waals surface area contributed by atoms with Crippen LogP contribution in [0.3, 0.4) is 0 Å². The van der Waals surface area contributed by atoms with Gasteiger partial charge >= 0.3 is 5.97 Å². The van der Waals surface area contributed by atoms with Crippen molar-refractivity contribution in [3.63, 3.8) is 0 Å². The van der Waals surface area contributed by atoms with Crippen molar-refractivity contribution in [3.8, 4) is 5.75 Å². The van der Waals surface area contributed by atoms with Gasteiger partial charge in [0, 0.05) is 25.5 Å². The van der Waals surface area contributed by atoms with Crippen molar-refractivity contribution in [2.75, 3.05) is 20.3 Å². The second-order valence-electron chi connectivity index (χ2n) is 6.58. The second-order valence-corrected chi connectivity index (χ2v) is 6.58. The highest BCUT2D eigenvalue weighted by atomic mass is 16.5. The van der Waals surface area contributed by atoms with Crippen LogP contribution in [0.15, 0.2) is 36.4 Å². The van der Waals surface area contributed by atoms with Crippen molar-refractivity contribution in [3.05, 3.63) is 42.0 Å². The number of esters is 1. The first-order valence-corrected chi connectivity index (χ1v) is 9.01. The molecule has 134 valence electrons. The van der Waals surface area contributed by atoms with Gasteiger partial charge in [0.15, 0.2) is 0 Å². The smallest absolute Gasteiger partial charge is 0.302 e. The summed E-state index contributed by atoms with van der Waals surface area (Å²) in [6.45, 7) is 2.54. The number of methoxy groups -OCH3 is 1. The van der Waals surface area contributed by atoms with E-state index < -0.39 is 0 Å². The molecule has 1 fully saturated rings. The Kier molecular flexibility index (Phi) is 5.92. The third-order valence-corrected chi connectivity index (χ3v) is 4.87. The summed E-state index contributed by atoms with van der Waals surface area (Å²) in [5.41, 5.74) is 1.17. The zero-order valence-corrected chi connectivity index (χ0v) is 15.0. The number of hydrogen-bond acceptors (Lipinski definition) is 4. The lowest BCUT2D eigenvalue weighted by Gasteiger charge is -2.33. The fourth-order valence-electron chi connectivity index (χ4n) is 3.80. The monoisotopic (exact) mass is 342 g/mol. The maximum absolute atomic E-state index is 11.6. The highest BCUT2D eigenvalue weighted by molar-refractivity contribution is 5.88. The van der Waals surface area contributed by atoms with Crippen molar-refractivity contribution >= 4 is 16.7 Å². The Morgan fingerprint density at radius 3 is 2.68 bits per heavy atom. The lowest BCUT2D eigenvalue weighted by molar-refractivity contribution is -0.148. The molecule has 0 bridgehead atoms. The Hall–Kier alpha value is -2.07. The molecule has 0 radical (unpaired) electrons. The standard InChI is InChI=1S/C21H26O4/c1-15(22)25-19-10-6-5-9-18(19)21-17-8-4-3-7-16(17)11-12-20(21)24-14-13-23-2/h3-4,7-8,11-12,18-19H,5-6,9-10,13-14H2,1-2H3/t18-,19+/m1/s1. The third kappa shape index (κ3) is 4.13. The Balaban J connectivity index is 2.03. The maximum Gasteiger partial charge on any atom is 0.302 e. The van der Waals surface area contributed by atoms with Crippen LogP contribution in [-0.2, 0) is 14.3 Å². The second kappa shape index (κ2) is 8.34. The van der Waals surface area contributed by atoms with Crippen molar-refractivity contribution in [2.45, 2.75) is 44.6 Å². The molecule has 0 aromatic heterocycles. The van der Waals surface area contributed by atoms with Crippen molar-refractivity contribution in [1.82, 2.24) is 0 Å². The van der Waals surface area contributed by atoms with E-state index in [2.05, 4.69) is 24.3 Å². The van der Waals surface area contributed by atoms with Gasteiger partial charge in [0.05, 0.1) is 6.61 Å². The van der Waals surface area contributed by atoms with E-state index in [1.807, 2.05) is 12.1 Å². The number of carbonyl (C=O) groups is 1. The highest BCUT2D eigenvalue weighted by Crippen LogP contribution is 2.43. The first kappa shape index (κ1) is 17.7. The van der Waals surface area contributed by atoms with Gasteiger partial charge in [-0.25, -0.2) is 0 Å². The molecule has 1 aliphatic carbocycles. The molecule has 3 rings (SSSR count). The van der Waals surface area contributed by atoms with E-state index in [9.17, 15) is 4.79 Å². The molecule has 4 nitrogen and oxygen atoms in total. The van der Waals surface area contributed by atoms with Crippen LogP contribution in [0, 0.1) is 0 Å². The number of hydrogen-bond donors (Lipinski definition) is 0. The summed E-state index contributed by atoms with van der Waals surface area (Å²) >= 11 is 0. The molecule has 1 aliphatic rings. The predicted octanol–water partition coefficient (Wildman–Crippen LogP) is 4.45. The minimum atomic E-state index is -0.209. The minimum Gasteiger partial charge on any atom is -0.491 e. The summed E-state index contributed by atoms with van der Waals surface area (Å²) in [5.74, 6) is 0.833. The predicted molar refractivity (Wildman–Crippen MR) is 98.1 cm³/mol. The normalized spacial score (nSPS) is 20.4. The van der Waals surface area contributed by atoms with Crippen LogP contribution in [-0.4, -0.2) is 32.4 Å². The van der Waals surface area contributed by atoms with Gasteiger partial charge in [-0.3, -0.25) is 4.79 Å². The van der Waals surface area contributed by atoms with Gasteiger partial charge in [0.1, 0.15) is 18.5 Å². The fraction of sp³-hybridized carbons (Fsp3) is 0.476. The lowest BCUT2D eigenvalue weighted by Crippen LogP contribution is -2.28. The molecule has 1 saturated carbocycles. The molecule has 2 aromatic carbocycles. The number of fused-ring (bicyclic) bond motifs is 1. The van der Waals surface area contributed by atoms with E-state index in [1.54, 1.807) is 7.11 Å². The largest absolute Gasteiger partial charge is 0.491 e. The summed E-state index contributed by atoms with van der Waals surface area (Å²) < 4.78 is 16.8. The lowest BCUT2D eigenvalue weighted by atomic mass is 9.79. The quantitative estimate of drug-likeness (QED) is 0.574. The molecule has 2 atom stereocenters. The molecule has 0 spiro atoms. The van der Waals surface area contributed by atoms with E-state index in [0.29, 0.717) is 13.2 Å². The zero-order valence-electron chi connectivity index (χ0n) is 15.0. The summed E-state index contributed by atoms with van der Waals surface area (Å²) in [7, 11) is 1.67. The van der Waals surface area contributed by atoms with E-state index in [-0.39, 0.29) is 18.0 Å². The summed E-state index contributed by atoms with van der Waals surface area (Å²) in [4.78, 5) is 11.6. The fourth-order valence-corrected chi connectivity index (χ4v) is 3.80. The van der Waals surface area contributed by atoms with Crippen LogP contribution in [0.5, 0.6) is 5.75 Å². The van der Waals surface area contributed by atoms with Crippen LogP contribution in [0.1, 0.15) is 44.1 Å². The van der Waals surface area contributed by atoms with Gasteiger partial charge in [0.2, 0.25) is 0 Å². The van der Waals surface area contributed by atoms with Crippen molar-refractivity contribution in [2.24, 2.45) is 0 Å². The first-order chi connectivity index (χ1) is 12.2. The van der Waals surface area contributed by atoms with Crippen molar-refractivity contribution < 1.29 is 19.0 Å². The van der Waals surface area contributed by atoms with Crippen LogP contribution < -0.4 is 4.74 Å². The van der Waals surface area contributed by atoms with E-state index >= 15 is 0 Å². The van der Waals surface area contributed by atoms with E-state index in [1.165, 1.54) is 23.3 Å². The molecule has 0 heterocycles. The van der Waals surface area contributed by atoms with E-state index in [4.69, 9.17) is 14.2 Å². The molecule has 0 aliphatic heterocycles. The molecular formula is C21H26O4.